The highest BCUT2D eigenvalue weighted by molar-refractivity contribution is 5.42. The Morgan fingerprint density at radius 3 is 2.53 bits per heavy atom. The van der Waals surface area contributed by atoms with E-state index in [0.717, 1.165) is 24.3 Å². The summed E-state index contributed by atoms with van der Waals surface area (Å²) in [7, 11) is 0. The molecular weight excluding hydrogens is 368 g/mol. The lowest BCUT2D eigenvalue weighted by atomic mass is 9.61. The van der Waals surface area contributed by atoms with Crippen molar-refractivity contribution < 1.29 is 10.2 Å². The Morgan fingerprint density at radius 1 is 1.17 bits per heavy atom. The second kappa shape index (κ2) is 7.62. The van der Waals surface area contributed by atoms with Gasteiger partial charge in [-0.3, -0.25) is 0 Å². The number of aliphatic hydroxyl groups is 2. The SMILES string of the molecule is C=C1[C@@H](O)C[C@@]2(O)CC12C/C=C1\CCC[C@]2(C)[C@@H]([C@H](C)/C=C/[C@H](C)C(C)C)CC[C@@H]12. The van der Waals surface area contributed by atoms with Gasteiger partial charge >= 0.3 is 0 Å². The number of fused-ring (bicyclic) bond motifs is 2. The fourth-order valence-electron chi connectivity index (χ4n) is 7.49. The average molecular weight is 413 g/mol. The summed E-state index contributed by atoms with van der Waals surface area (Å²) < 4.78 is 0. The van der Waals surface area contributed by atoms with Crippen LogP contribution < -0.4 is 0 Å². The molecule has 0 aromatic carbocycles. The Hall–Kier alpha value is -0.860. The molecule has 8 atom stereocenters. The van der Waals surface area contributed by atoms with E-state index >= 15 is 0 Å². The summed E-state index contributed by atoms with van der Waals surface area (Å²) in [6.07, 6.45) is 15.5. The predicted molar refractivity (Wildman–Crippen MR) is 125 cm³/mol. The number of hydrogen-bond donors (Lipinski definition) is 2. The quantitative estimate of drug-likeness (QED) is 0.492. The summed E-state index contributed by atoms with van der Waals surface area (Å²) >= 11 is 0. The van der Waals surface area contributed by atoms with Crippen LogP contribution in [0.4, 0.5) is 0 Å². The monoisotopic (exact) mass is 412 g/mol. The maximum atomic E-state index is 10.8. The van der Waals surface area contributed by atoms with Crippen LogP contribution in [0.1, 0.15) is 86.0 Å². The zero-order chi connectivity index (χ0) is 21.9. The molecule has 0 saturated heterocycles. The number of allylic oxidation sites excluding steroid dienone is 4. The first-order valence-corrected chi connectivity index (χ1v) is 12.5. The minimum Gasteiger partial charge on any atom is -0.389 e. The second-order valence-electron chi connectivity index (χ2n) is 12.0. The maximum Gasteiger partial charge on any atom is 0.0783 e. The summed E-state index contributed by atoms with van der Waals surface area (Å²) in [6, 6.07) is 0. The van der Waals surface area contributed by atoms with Gasteiger partial charge in [-0.2, -0.15) is 0 Å². The summed E-state index contributed by atoms with van der Waals surface area (Å²) in [5, 5.41) is 21.0. The van der Waals surface area contributed by atoms with Crippen LogP contribution in [0.2, 0.25) is 0 Å². The Kier molecular flexibility index (Phi) is 5.68. The van der Waals surface area contributed by atoms with E-state index in [9.17, 15) is 10.2 Å². The van der Waals surface area contributed by atoms with E-state index in [1.54, 1.807) is 5.57 Å². The molecule has 4 aliphatic rings. The lowest BCUT2D eigenvalue weighted by molar-refractivity contribution is 0.0933. The Balaban J connectivity index is 1.48. The fourth-order valence-corrected chi connectivity index (χ4v) is 7.49. The van der Waals surface area contributed by atoms with Crippen molar-refractivity contribution in [2.24, 2.45) is 40.4 Å². The van der Waals surface area contributed by atoms with Crippen LogP contribution in [0.3, 0.4) is 0 Å². The first-order chi connectivity index (χ1) is 14.0. The van der Waals surface area contributed by atoms with E-state index < -0.39 is 11.7 Å². The molecule has 4 rings (SSSR count). The van der Waals surface area contributed by atoms with Crippen LogP contribution in [-0.2, 0) is 0 Å². The lowest BCUT2D eigenvalue weighted by Crippen LogP contribution is -2.35. The molecule has 30 heavy (non-hydrogen) atoms. The summed E-state index contributed by atoms with van der Waals surface area (Å²) in [5.41, 5.74) is 1.98. The van der Waals surface area contributed by atoms with Gasteiger partial charge in [0, 0.05) is 11.8 Å². The highest BCUT2D eigenvalue weighted by Crippen LogP contribution is 2.71. The van der Waals surface area contributed by atoms with E-state index in [1.165, 1.54) is 32.1 Å². The molecule has 4 saturated carbocycles. The minimum atomic E-state index is -0.691. The van der Waals surface area contributed by atoms with E-state index in [-0.39, 0.29) is 5.41 Å². The molecule has 4 aliphatic carbocycles. The van der Waals surface area contributed by atoms with E-state index in [2.05, 4.69) is 59.4 Å². The van der Waals surface area contributed by atoms with Gasteiger partial charge in [-0.25, -0.2) is 0 Å². The summed E-state index contributed by atoms with van der Waals surface area (Å²) in [4.78, 5) is 0. The highest BCUT2D eigenvalue weighted by Gasteiger charge is 2.73. The Bertz CT molecular complexity index is 748. The zero-order valence-electron chi connectivity index (χ0n) is 20.0. The molecule has 0 bridgehead atoms. The standard InChI is InChI=1S/C28H44O2/c1-18(2)19(3)9-10-20(4)23-11-12-24-22(8-7-14-26(23,24)6)13-15-27-17-28(27,30)16-25(29)21(27)5/h9-10,13,18-20,23-25,29-30H,5,7-8,11-12,14-17H2,1-4,6H3/b10-9+,22-13+/t19-,20+,23+,24-,25-,26+,27?,28+/m0/s1. The smallest absolute Gasteiger partial charge is 0.0783 e. The van der Waals surface area contributed by atoms with Gasteiger partial charge in [-0.05, 0) is 85.5 Å². The van der Waals surface area contributed by atoms with Crippen molar-refractivity contribution in [1.82, 2.24) is 0 Å². The molecule has 0 aromatic rings. The molecule has 1 unspecified atom stereocenters. The van der Waals surface area contributed by atoms with Gasteiger partial charge in [0.05, 0.1) is 11.7 Å². The third-order valence-electron chi connectivity index (χ3n) is 10.1. The van der Waals surface area contributed by atoms with Crippen molar-refractivity contribution in [2.75, 3.05) is 0 Å². The van der Waals surface area contributed by atoms with Crippen molar-refractivity contribution in [3.8, 4) is 0 Å². The summed E-state index contributed by atoms with van der Waals surface area (Å²) in [6.45, 7) is 16.1. The molecule has 0 amide bonds. The molecule has 0 heterocycles. The maximum absolute atomic E-state index is 10.8. The van der Waals surface area contributed by atoms with Crippen molar-refractivity contribution in [1.29, 1.82) is 0 Å². The normalized spacial score (nSPS) is 46.5. The van der Waals surface area contributed by atoms with Crippen LogP contribution in [0.15, 0.2) is 36.0 Å². The first kappa shape index (κ1) is 22.3. The van der Waals surface area contributed by atoms with Gasteiger partial charge in [0.1, 0.15) is 0 Å². The van der Waals surface area contributed by atoms with E-state index in [4.69, 9.17) is 0 Å². The van der Waals surface area contributed by atoms with Crippen molar-refractivity contribution in [3.63, 3.8) is 0 Å². The van der Waals surface area contributed by atoms with Crippen LogP contribution in [0, 0.1) is 40.4 Å². The van der Waals surface area contributed by atoms with Crippen molar-refractivity contribution in [3.05, 3.63) is 36.0 Å². The third kappa shape index (κ3) is 3.37. The Morgan fingerprint density at radius 2 is 1.90 bits per heavy atom. The minimum absolute atomic E-state index is 0.242. The molecule has 0 aliphatic heterocycles. The molecule has 168 valence electrons. The lowest BCUT2D eigenvalue weighted by Gasteiger charge is -2.44. The van der Waals surface area contributed by atoms with Gasteiger partial charge in [0.15, 0.2) is 0 Å². The van der Waals surface area contributed by atoms with Gasteiger partial charge < -0.3 is 10.2 Å². The zero-order valence-corrected chi connectivity index (χ0v) is 20.0. The molecule has 2 heteroatoms. The molecule has 0 radical (unpaired) electrons. The summed E-state index contributed by atoms with van der Waals surface area (Å²) in [5.74, 6) is 3.44. The van der Waals surface area contributed by atoms with E-state index in [1.807, 2.05) is 0 Å². The van der Waals surface area contributed by atoms with Crippen LogP contribution in [0.25, 0.3) is 0 Å². The van der Waals surface area contributed by atoms with Gasteiger partial charge in [0.2, 0.25) is 0 Å². The van der Waals surface area contributed by atoms with Gasteiger partial charge in [0.25, 0.3) is 0 Å². The Labute approximate surface area is 184 Å². The average Bonchev–Trinajstić information content (AvgIpc) is 3.02. The fraction of sp³-hybridized carbons (Fsp3) is 0.786. The van der Waals surface area contributed by atoms with Gasteiger partial charge in [-0.1, -0.05) is 65.0 Å². The topological polar surface area (TPSA) is 40.5 Å². The third-order valence-corrected chi connectivity index (χ3v) is 10.1. The molecule has 4 fully saturated rings. The predicted octanol–water partition coefficient (Wildman–Crippen LogP) is 6.45. The molecule has 2 N–H and O–H groups in total. The van der Waals surface area contributed by atoms with Crippen LogP contribution in [0.5, 0.6) is 0 Å². The molecule has 0 spiro atoms. The number of rotatable bonds is 6. The molecular formula is C28H44O2. The molecule has 2 nitrogen and oxygen atoms in total. The van der Waals surface area contributed by atoms with Crippen molar-refractivity contribution >= 4 is 0 Å². The largest absolute Gasteiger partial charge is 0.389 e. The van der Waals surface area contributed by atoms with Crippen LogP contribution in [-0.4, -0.2) is 21.9 Å². The second-order valence-corrected chi connectivity index (χ2v) is 12.0. The van der Waals surface area contributed by atoms with Crippen LogP contribution >= 0.6 is 0 Å². The molecule has 0 aromatic heterocycles. The number of hydrogen-bond acceptors (Lipinski definition) is 2. The van der Waals surface area contributed by atoms with E-state index in [0.29, 0.717) is 35.5 Å². The van der Waals surface area contributed by atoms with Gasteiger partial charge in [-0.15, -0.1) is 0 Å². The van der Waals surface area contributed by atoms with Crippen molar-refractivity contribution in [2.45, 2.75) is 97.7 Å². The number of aliphatic hydroxyl groups excluding tert-OH is 1. The highest BCUT2D eigenvalue weighted by atomic mass is 16.3. The first-order valence-electron chi connectivity index (χ1n) is 12.5.